The topological polar surface area (TPSA) is 58.1 Å². The Hall–Kier alpha value is -0.230. The SMILES string of the molecule is C[NH2+]C1CCC(C2CCC3CC(OCC(O)CF)CCC3N2)CC1. The molecule has 4 N–H and O–H groups in total. The molecule has 3 aliphatic rings. The summed E-state index contributed by atoms with van der Waals surface area (Å²) in [5, 5.41) is 15.7. The minimum absolute atomic E-state index is 0.145. The van der Waals surface area contributed by atoms with Crippen LogP contribution in [0.3, 0.4) is 0 Å². The number of nitrogens with one attached hydrogen (secondary N) is 1. The van der Waals surface area contributed by atoms with Crippen molar-refractivity contribution in [1.82, 2.24) is 5.32 Å². The van der Waals surface area contributed by atoms with E-state index in [2.05, 4.69) is 17.7 Å². The van der Waals surface area contributed by atoms with Crippen LogP contribution in [0, 0.1) is 11.8 Å². The van der Waals surface area contributed by atoms with Crippen LogP contribution in [-0.4, -0.2) is 55.8 Å². The maximum absolute atomic E-state index is 12.3. The Bertz CT molecular complexity index is 376. The number of aliphatic hydroxyl groups excluding tert-OH is 1. The standard InChI is InChI=1S/C19H35FN2O2/c1-21-15-5-2-13(3-6-15)18-8-4-14-10-17(7-9-19(14)22-18)24-12-16(23)11-20/h13-19,21-23H,2-12H2,1H3/p+1. The number of rotatable bonds is 6. The largest absolute Gasteiger partial charge is 0.388 e. The molecule has 5 atom stereocenters. The Morgan fingerprint density at radius 1 is 1.04 bits per heavy atom. The van der Waals surface area contributed by atoms with Crippen molar-refractivity contribution in [3.05, 3.63) is 0 Å². The molecule has 1 saturated heterocycles. The Morgan fingerprint density at radius 3 is 2.42 bits per heavy atom. The van der Waals surface area contributed by atoms with Crippen molar-refractivity contribution < 1.29 is 19.6 Å². The number of halogens is 1. The summed E-state index contributed by atoms with van der Waals surface area (Å²) in [5.41, 5.74) is 0. The molecule has 0 aromatic rings. The maximum atomic E-state index is 12.3. The average Bonchev–Trinajstić information content (AvgIpc) is 2.65. The van der Waals surface area contributed by atoms with Gasteiger partial charge in [0.25, 0.3) is 0 Å². The molecule has 3 fully saturated rings. The number of alkyl halides is 1. The zero-order valence-corrected chi connectivity index (χ0v) is 15.1. The summed E-state index contributed by atoms with van der Waals surface area (Å²) in [4.78, 5) is 0. The van der Waals surface area contributed by atoms with Gasteiger partial charge < -0.3 is 20.5 Å². The zero-order valence-electron chi connectivity index (χ0n) is 15.1. The summed E-state index contributed by atoms with van der Waals surface area (Å²) < 4.78 is 18.1. The maximum Gasteiger partial charge on any atom is 0.118 e. The highest BCUT2D eigenvalue weighted by Crippen LogP contribution is 2.37. The van der Waals surface area contributed by atoms with Gasteiger partial charge in [0.1, 0.15) is 12.8 Å². The highest BCUT2D eigenvalue weighted by molar-refractivity contribution is 4.95. The third-order valence-electron chi connectivity index (χ3n) is 6.77. The molecule has 1 aliphatic heterocycles. The molecular weight excluding hydrogens is 307 g/mol. The first-order valence-corrected chi connectivity index (χ1v) is 10.1. The molecule has 3 rings (SSSR count). The molecule has 140 valence electrons. The number of quaternary nitrogens is 1. The van der Waals surface area contributed by atoms with Gasteiger partial charge in [0.2, 0.25) is 0 Å². The third kappa shape index (κ3) is 4.69. The molecule has 0 amide bonds. The monoisotopic (exact) mass is 343 g/mol. The molecule has 2 aliphatic carbocycles. The first kappa shape index (κ1) is 18.6. The minimum Gasteiger partial charge on any atom is -0.388 e. The van der Waals surface area contributed by atoms with E-state index >= 15 is 0 Å². The van der Waals surface area contributed by atoms with E-state index in [1.54, 1.807) is 0 Å². The van der Waals surface area contributed by atoms with Crippen molar-refractivity contribution in [3.8, 4) is 0 Å². The highest BCUT2D eigenvalue weighted by Gasteiger charge is 2.38. The summed E-state index contributed by atoms with van der Waals surface area (Å²) in [7, 11) is 2.21. The molecule has 4 nitrogen and oxygen atoms in total. The van der Waals surface area contributed by atoms with Crippen molar-refractivity contribution >= 4 is 0 Å². The van der Waals surface area contributed by atoms with Crippen molar-refractivity contribution in [1.29, 1.82) is 0 Å². The smallest absolute Gasteiger partial charge is 0.118 e. The lowest BCUT2D eigenvalue weighted by Crippen LogP contribution is -2.86. The van der Waals surface area contributed by atoms with Crippen LogP contribution in [0.4, 0.5) is 4.39 Å². The van der Waals surface area contributed by atoms with Crippen LogP contribution in [0.15, 0.2) is 0 Å². The van der Waals surface area contributed by atoms with Gasteiger partial charge in [-0.2, -0.15) is 0 Å². The van der Waals surface area contributed by atoms with Crippen LogP contribution in [0.25, 0.3) is 0 Å². The number of hydrogen-bond acceptors (Lipinski definition) is 3. The van der Waals surface area contributed by atoms with Crippen LogP contribution >= 0.6 is 0 Å². The summed E-state index contributed by atoms with van der Waals surface area (Å²) >= 11 is 0. The fourth-order valence-corrected chi connectivity index (χ4v) is 5.21. The summed E-state index contributed by atoms with van der Waals surface area (Å²) in [6, 6.07) is 2.21. The van der Waals surface area contributed by atoms with E-state index in [0.717, 1.165) is 37.3 Å². The lowest BCUT2D eigenvalue weighted by atomic mass is 9.72. The van der Waals surface area contributed by atoms with Crippen molar-refractivity contribution in [2.24, 2.45) is 11.8 Å². The van der Waals surface area contributed by atoms with E-state index < -0.39 is 12.8 Å². The average molecular weight is 344 g/mol. The van der Waals surface area contributed by atoms with E-state index in [0.29, 0.717) is 12.0 Å². The number of hydrogen-bond donors (Lipinski definition) is 3. The van der Waals surface area contributed by atoms with Gasteiger partial charge in [0.15, 0.2) is 0 Å². The number of piperidine rings is 1. The zero-order chi connectivity index (χ0) is 16.9. The molecule has 2 saturated carbocycles. The van der Waals surface area contributed by atoms with E-state index in [1.807, 2.05) is 0 Å². The quantitative estimate of drug-likeness (QED) is 0.683. The number of fused-ring (bicyclic) bond motifs is 1. The Kier molecular flexibility index (Phi) is 6.90. The van der Waals surface area contributed by atoms with Gasteiger partial charge in [-0.1, -0.05) is 0 Å². The van der Waals surface area contributed by atoms with Crippen LogP contribution in [0.5, 0.6) is 0 Å². The summed E-state index contributed by atoms with van der Waals surface area (Å²) in [6.07, 6.45) is 10.6. The predicted molar refractivity (Wildman–Crippen MR) is 92.6 cm³/mol. The Balaban J connectivity index is 1.42. The summed E-state index contributed by atoms with van der Waals surface area (Å²) in [5.74, 6) is 1.57. The predicted octanol–water partition coefficient (Wildman–Crippen LogP) is 1.37. The second kappa shape index (κ2) is 8.93. The molecule has 0 spiro atoms. The van der Waals surface area contributed by atoms with Gasteiger partial charge in [-0.15, -0.1) is 0 Å². The second-order valence-corrected chi connectivity index (χ2v) is 8.30. The molecule has 0 radical (unpaired) electrons. The first-order valence-electron chi connectivity index (χ1n) is 10.1. The molecule has 0 aromatic carbocycles. The van der Waals surface area contributed by atoms with E-state index in [1.165, 1.54) is 38.5 Å². The molecule has 0 aromatic heterocycles. The van der Waals surface area contributed by atoms with Gasteiger partial charge in [0, 0.05) is 12.1 Å². The third-order valence-corrected chi connectivity index (χ3v) is 6.77. The highest BCUT2D eigenvalue weighted by atomic mass is 19.1. The molecule has 5 heteroatoms. The van der Waals surface area contributed by atoms with Gasteiger partial charge in [-0.05, 0) is 69.6 Å². The number of ether oxygens (including phenoxy) is 1. The second-order valence-electron chi connectivity index (χ2n) is 8.30. The van der Waals surface area contributed by atoms with E-state index in [9.17, 15) is 9.50 Å². The Labute approximate surface area is 145 Å². The summed E-state index contributed by atoms with van der Waals surface area (Å²) in [6.45, 7) is -0.563. The van der Waals surface area contributed by atoms with Crippen molar-refractivity contribution in [3.63, 3.8) is 0 Å². The van der Waals surface area contributed by atoms with Crippen LogP contribution in [0.1, 0.15) is 57.8 Å². The van der Waals surface area contributed by atoms with Crippen LogP contribution in [0.2, 0.25) is 0 Å². The molecule has 1 heterocycles. The lowest BCUT2D eigenvalue weighted by Gasteiger charge is -2.46. The van der Waals surface area contributed by atoms with E-state index in [4.69, 9.17) is 4.74 Å². The van der Waals surface area contributed by atoms with Crippen molar-refractivity contribution in [2.75, 3.05) is 20.3 Å². The Morgan fingerprint density at radius 2 is 1.71 bits per heavy atom. The van der Waals surface area contributed by atoms with Gasteiger partial charge in [0.05, 0.1) is 25.8 Å². The van der Waals surface area contributed by atoms with E-state index in [-0.39, 0.29) is 12.7 Å². The fraction of sp³-hybridized carbons (Fsp3) is 1.00. The fourth-order valence-electron chi connectivity index (χ4n) is 5.21. The van der Waals surface area contributed by atoms with Crippen LogP contribution < -0.4 is 10.6 Å². The number of aliphatic hydroxyl groups is 1. The molecule has 24 heavy (non-hydrogen) atoms. The lowest BCUT2D eigenvalue weighted by molar-refractivity contribution is -0.666. The minimum atomic E-state index is -0.952. The molecular formula is C19H36FN2O2+. The van der Waals surface area contributed by atoms with Gasteiger partial charge in [-0.25, -0.2) is 4.39 Å². The van der Waals surface area contributed by atoms with Gasteiger partial charge in [-0.3, -0.25) is 0 Å². The van der Waals surface area contributed by atoms with Gasteiger partial charge >= 0.3 is 0 Å². The first-order chi connectivity index (χ1) is 11.7. The number of nitrogens with two attached hydrogens (primary N) is 1. The van der Waals surface area contributed by atoms with Crippen LogP contribution in [-0.2, 0) is 4.74 Å². The van der Waals surface area contributed by atoms with Crippen molar-refractivity contribution in [2.45, 2.75) is 88.1 Å². The molecule has 5 unspecified atom stereocenters. The normalized spacial score (nSPS) is 41.6. The molecule has 0 bridgehead atoms.